The van der Waals surface area contributed by atoms with Gasteiger partial charge in [-0.1, -0.05) is 24.3 Å². The van der Waals surface area contributed by atoms with E-state index in [1.165, 1.54) is 0 Å². The fraction of sp³-hybridized carbons (Fsp3) is 0.267. The Morgan fingerprint density at radius 1 is 1.42 bits per heavy atom. The summed E-state index contributed by atoms with van der Waals surface area (Å²) in [5.41, 5.74) is 3.10. The summed E-state index contributed by atoms with van der Waals surface area (Å²) in [4.78, 5) is 4.49. The number of aromatic nitrogens is 2. The van der Waals surface area contributed by atoms with Crippen LogP contribution in [0.1, 0.15) is 11.3 Å². The van der Waals surface area contributed by atoms with E-state index in [0.717, 1.165) is 29.4 Å². The molecule has 1 N–H and O–H groups in total. The number of hydrogen-bond acceptors (Lipinski definition) is 3. The minimum atomic E-state index is 0.574. The predicted molar refractivity (Wildman–Crippen MR) is 77.6 cm³/mol. The summed E-state index contributed by atoms with van der Waals surface area (Å²) in [6.45, 7) is 7.05. The number of aryl methyl sites for hydroxylation is 1. The molecule has 0 fully saturated rings. The first-order valence-corrected chi connectivity index (χ1v) is 6.23. The van der Waals surface area contributed by atoms with Gasteiger partial charge in [0.25, 0.3) is 0 Å². The van der Waals surface area contributed by atoms with Crippen molar-refractivity contribution in [3.8, 4) is 0 Å². The van der Waals surface area contributed by atoms with Crippen molar-refractivity contribution >= 4 is 11.6 Å². The highest BCUT2D eigenvalue weighted by Crippen LogP contribution is 2.21. The summed E-state index contributed by atoms with van der Waals surface area (Å²) < 4.78 is 7.24. The molecule has 0 radical (unpaired) electrons. The number of imidazole rings is 1. The van der Waals surface area contributed by atoms with Gasteiger partial charge in [-0.15, -0.1) is 6.58 Å². The highest BCUT2D eigenvalue weighted by atomic mass is 16.5. The van der Waals surface area contributed by atoms with Crippen molar-refractivity contribution in [3.63, 3.8) is 0 Å². The predicted octanol–water partition coefficient (Wildman–Crippen LogP) is 3.27. The number of ether oxygens (including phenoxy) is 1. The molecule has 4 nitrogen and oxygen atoms in total. The highest BCUT2D eigenvalue weighted by molar-refractivity contribution is 5.58. The third kappa shape index (κ3) is 3.23. The van der Waals surface area contributed by atoms with Gasteiger partial charge >= 0.3 is 0 Å². The molecule has 2 aromatic rings. The second-order valence-corrected chi connectivity index (χ2v) is 4.36. The molecule has 4 heteroatoms. The monoisotopic (exact) mass is 257 g/mol. The first kappa shape index (κ1) is 13.4. The lowest BCUT2D eigenvalue weighted by molar-refractivity contribution is 0.185. The summed E-state index contributed by atoms with van der Waals surface area (Å²) in [5.74, 6) is 0.820. The summed E-state index contributed by atoms with van der Waals surface area (Å²) in [5, 5.41) is 3.36. The van der Waals surface area contributed by atoms with Crippen molar-refractivity contribution in [3.05, 3.63) is 54.4 Å². The maximum Gasteiger partial charge on any atom is 0.207 e. The Hall–Kier alpha value is -2.07. The topological polar surface area (TPSA) is 39.1 Å². The number of hydrogen-bond donors (Lipinski definition) is 1. The molecule has 0 aliphatic carbocycles. The van der Waals surface area contributed by atoms with Gasteiger partial charge in [0.05, 0.1) is 12.3 Å². The molecule has 100 valence electrons. The van der Waals surface area contributed by atoms with Crippen LogP contribution in [0.3, 0.4) is 0 Å². The third-order valence-electron chi connectivity index (χ3n) is 2.79. The minimum absolute atomic E-state index is 0.574. The minimum Gasteiger partial charge on any atom is -0.380 e. The average Bonchev–Trinajstić information content (AvgIpc) is 2.73. The number of anilines is 2. The molecule has 0 bridgehead atoms. The van der Waals surface area contributed by atoms with Crippen LogP contribution in [0.4, 0.5) is 11.6 Å². The van der Waals surface area contributed by atoms with Crippen molar-refractivity contribution in [1.82, 2.24) is 9.55 Å². The third-order valence-corrected chi connectivity index (χ3v) is 2.79. The molecule has 0 aliphatic heterocycles. The molecule has 0 spiro atoms. The van der Waals surface area contributed by atoms with Gasteiger partial charge in [-0.2, -0.15) is 0 Å². The fourth-order valence-corrected chi connectivity index (χ4v) is 1.97. The zero-order valence-electron chi connectivity index (χ0n) is 11.4. The number of nitrogens with zero attached hydrogens (tertiary/aromatic N) is 2. The van der Waals surface area contributed by atoms with E-state index >= 15 is 0 Å². The van der Waals surface area contributed by atoms with Crippen LogP contribution >= 0.6 is 0 Å². The lowest BCUT2D eigenvalue weighted by atomic mass is 10.2. The van der Waals surface area contributed by atoms with Crippen LogP contribution in [0.15, 0.2) is 43.1 Å². The molecule has 0 saturated carbocycles. The van der Waals surface area contributed by atoms with Crippen LogP contribution in [0.2, 0.25) is 0 Å². The van der Waals surface area contributed by atoms with Gasteiger partial charge in [0.2, 0.25) is 5.95 Å². The molecule has 2 rings (SSSR count). The summed E-state index contributed by atoms with van der Waals surface area (Å²) >= 11 is 0. The molecular weight excluding hydrogens is 238 g/mol. The number of nitrogens with one attached hydrogen (secondary N) is 1. The maximum absolute atomic E-state index is 5.21. The van der Waals surface area contributed by atoms with Crippen LogP contribution in [-0.4, -0.2) is 16.7 Å². The van der Waals surface area contributed by atoms with Crippen LogP contribution < -0.4 is 5.32 Å². The zero-order valence-corrected chi connectivity index (χ0v) is 11.4. The van der Waals surface area contributed by atoms with Crippen LogP contribution in [0, 0.1) is 6.92 Å². The Morgan fingerprint density at radius 2 is 2.21 bits per heavy atom. The van der Waals surface area contributed by atoms with Gasteiger partial charge in [0.1, 0.15) is 0 Å². The van der Waals surface area contributed by atoms with Crippen molar-refractivity contribution < 1.29 is 4.74 Å². The molecule has 1 heterocycles. The van der Waals surface area contributed by atoms with E-state index in [2.05, 4.69) is 16.9 Å². The van der Waals surface area contributed by atoms with Crippen molar-refractivity contribution in [2.24, 2.45) is 0 Å². The van der Waals surface area contributed by atoms with Crippen LogP contribution in [-0.2, 0) is 17.9 Å². The second-order valence-electron chi connectivity index (χ2n) is 4.36. The normalized spacial score (nSPS) is 10.4. The van der Waals surface area contributed by atoms with Crippen LogP contribution in [0.25, 0.3) is 0 Å². The van der Waals surface area contributed by atoms with E-state index < -0.39 is 0 Å². The van der Waals surface area contributed by atoms with E-state index in [4.69, 9.17) is 4.74 Å². The van der Waals surface area contributed by atoms with Gasteiger partial charge in [0, 0.05) is 31.1 Å². The molecule has 0 aliphatic rings. The lowest BCUT2D eigenvalue weighted by Crippen LogP contribution is -2.04. The summed E-state index contributed by atoms with van der Waals surface area (Å²) in [6, 6.07) is 8.06. The molecule has 19 heavy (non-hydrogen) atoms. The summed E-state index contributed by atoms with van der Waals surface area (Å²) in [7, 11) is 1.69. The lowest BCUT2D eigenvalue weighted by Gasteiger charge is -2.12. The first-order valence-electron chi connectivity index (χ1n) is 6.23. The molecule has 1 aromatic heterocycles. The van der Waals surface area contributed by atoms with Gasteiger partial charge < -0.3 is 14.6 Å². The quantitative estimate of drug-likeness (QED) is 0.807. The molecule has 1 aromatic carbocycles. The molecular formula is C15H19N3O. The smallest absolute Gasteiger partial charge is 0.207 e. The Kier molecular flexibility index (Phi) is 4.36. The number of para-hydroxylation sites is 1. The van der Waals surface area contributed by atoms with E-state index in [-0.39, 0.29) is 0 Å². The van der Waals surface area contributed by atoms with Gasteiger partial charge in [-0.05, 0) is 13.0 Å². The largest absolute Gasteiger partial charge is 0.380 e. The number of methoxy groups -OCH3 is 1. The first-order chi connectivity index (χ1) is 9.24. The zero-order chi connectivity index (χ0) is 13.7. The maximum atomic E-state index is 5.21. The average molecular weight is 257 g/mol. The van der Waals surface area contributed by atoms with E-state index in [1.54, 1.807) is 7.11 Å². The van der Waals surface area contributed by atoms with Gasteiger partial charge in [-0.25, -0.2) is 4.98 Å². The van der Waals surface area contributed by atoms with E-state index in [0.29, 0.717) is 6.61 Å². The number of rotatable bonds is 6. The van der Waals surface area contributed by atoms with E-state index in [1.807, 2.05) is 48.0 Å². The molecule has 0 saturated heterocycles. The van der Waals surface area contributed by atoms with Gasteiger partial charge in [0.15, 0.2) is 0 Å². The Labute approximate surface area is 113 Å². The van der Waals surface area contributed by atoms with Crippen LogP contribution in [0.5, 0.6) is 0 Å². The number of allylic oxidation sites excluding steroid dienone is 1. The Bertz CT molecular complexity index is 560. The number of benzene rings is 1. The highest BCUT2D eigenvalue weighted by Gasteiger charge is 2.07. The van der Waals surface area contributed by atoms with Crippen molar-refractivity contribution in [2.45, 2.75) is 20.1 Å². The second kappa shape index (κ2) is 6.20. The summed E-state index contributed by atoms with van der Waals surface area (Å²) in [6.07, 6.45) is 3.86. The molecule has 0 amide bonds. The SMILES string of the molecule is C=CCn1cc(C)nc1Nc1ccccc1COC. The van der Waals surface area contributed by atoms with Crippen molar-refractivity contribution in [2.75, 3.05) is 12.4 Å². The standard InChI is InChI=1S/C15H19N3O/c1-4-9-18-10-12(2)16-15(18)17-14-8-6-5-7-13(14)11-19-3/h4-8,10H,1,9,11H2,2-3H3,(H,16,17). The fourth-order valence-electron chi connectivity index (χ4n) is 1.97. The molecule has 0 unspecified atom stereocenters. The van der Waals surface area contributed by atoms with E-state index in [9.17, 15) is 0 Å². The Morgan fingerprint density at radius 3 is 2.95 bits per heavy atom. The van der Waals surface area contributed by atoms with Crippen molar-refractivity contribution in [1.29, 1.82) is 0 Å². The Balaban J connectivity index is 2.27. The molecule has 0 atom stereocenters. The van der Waals surface area contributed by atoms with Gasteiger partial charge in [-0.3, -0.25) is 0 Å².